The maximum Gasteiger partial charge on any atom is 0.115 e. The largest absolute Gasteiger partial charge is 0.508 e. The van der Waals surface area contributed by atoms with Crippen LogP contribution in [0.3, 0.4) is 0 Å². The maximum atomic E-state index is 9.32. The minimum atomic E-state index is 0.223. The Morgan fingerprint density at radius 2 is 1.81 bits per heavy atom. The van der Waals surface area contributed by atoms with Crippen LogP contribution in [-0.2, 0) is 0 Å². The monoisotopic (exact) mass is 220 g/mol. The highest BCUT2D eigenvalue weighted by Crippen LogP contribution is 2.47. The fourth-order valence-electron chi connectivity index (χ4n) is 2.56. The number of hydrogen-bond donors (Lipinski definition) is 2. The highest BCUT2D eigenvalue weighted by atomic mass is 16.3. The summed E-state index contributed by atoms with van der Waals surface area (Å²) in [7, 11) is 6.24. The van der Waals surface area contributed by atoms with Crippen molar-refractivity contribution < 1.29 is 5.11 Å². The molecule has 1 aromatic rings. The molecule has 1 fully saturated rings. The van der Waals surface area contributed by atoms with Gasteiger partial charge in [-0.15, -0.1) is 0 Å². The normalized spacial score (nSPS) is 19.8. The summed E-state index contributed by atoms with van der Waals surface area (Å²) in [5, 5.41) is 12.8. The quantitative estimate of drug-likeness (QED) is 0.811. The average Bonchev–Trinajstić information content (AvgIpc) is 3.02. The number of likely N-dealkylation sites (N-methyl/N-ethyl adjacent to an activating group) is 2. The van der Waals surface area contributed by atoms with Crippen molar-refractivity contribution in [2.24, 2.45) is 0 Å². The van der Waals surface area contributed by atoms with E-state index in [1.54, 1.807) is 12.1 Å². The van der Waals surface area contributed by atoms with Gasteiger partial charge in [-0.2, -0.15) is 0 Å². The molecule has 3 heteroatoms. The van der Waals surface area contributed by atoms with Gasteiger partial charge in [0.15, 0.2) is 0 Å². The lowest BCUT2D eigenvalue weighted by Crippen LogP contribution is -2.41. The fraction of sp³-hybridized carbons (Fsp3) is 0.538. The summed E-state index contributed by atoms with van der Waals surface area (Å²) in [6.07, 6.45) is 2.43. The molecule has 3 nitrogen and oxygen atoms in total. The van der Waals surface area contributed by atoms with Crippen molar-refractivity contribution in [2.45, 2.75) is 24.4 Å². The molecule has 1 aliphatic carbocycles. The average molecular weight is 220 g/mol. The number of hydrogen-bond acceptors (Lipinski definition) is 3. The lowest BCUT2D eigenvalue weighted by Gasteiger charge is -2.33. The summed E-state index contributed by atoms with van der Waals surface area (Å²) in [4.78, 5) is 2.25. The Balaban J connectivity index is 2.30. The van der Waals surface area contributed by atoms with Gasteiger partial charge in [0.2, 0.25) is 0 Å². The van der Waals surface area contributed by atoms with E-state index in [4.69, 9.17) is 0 Å². The molecule has 16 heavy (non-hydrogen) atoms. The van der Waals surface area contributed by atoms with Gasteiger partial charge in [0.25, 0.3) is 0 Å². The molecular weight excluding hydrogens is 200 g/mol. The summed E-state index contributed by atoms with van der Waals surface area (Å²) in [5.74, 6) is 0.329. The number of benzene rings is 1. The molecule has 2 N–H and O–H groups in total. The third-order valence-electron chi connectivity index (χ3n) is 3.54. The van der Waals surface area contributed by atoms with Gasteiger partial charge in [-0.25, -0.2) is 0 Å². The van der Waals surface area contributed by atoms with Gasteiger partial charge in [0.05, 0.1) is 6.04 Å². The highest BCUT2D eigenvalue weighted by Gasteiger charge is 2.49. The number of rotatable bonds is 4. The summed E-state index contributed by atoms with van der Waals surface area (Å²) < 4.78 is 0. The van der Waals surface area contributed by atoms with Crippen LogP contribution < -0.4 is 5.32 Å². The summed E-state index contributed by atoms with van der Waals surface area (Å²) in [6, 6.07) is 7.92. The predicted octanol–water partition coefficient (Wildman–Crippen LogP) is 1.75. The topological polar surface area (TPSA) is 35.5 Å². The van der Waals surface area contributed by atoms with Crippen LogP contribution in [0.4, 0.5) is 0 Å². The number of nitrogens with zero attached hydrogens (tertiary/aromatic N) is 1. The molecule has 1 unspecified atom stereocenters. The van der Waals surface area contributed by atoms with Crippen LogP contribution in [0.5, 0.6) is 5.75 Å². The lowest BCUT2D eigenvalue weighted by molar-refractivity contribution is 0.223. The van der Waals surface area contributed by atoms with Crippen molar-refractivity contribution in [1.82, 2.24) is 10.2 Å². The third kappa shape index (κ3) is 1.93. The summed E-state index contributed by atoms with van der Waals surface area (Å²) >= 11 is 0. The zero-order valence-corrected chi connectivity index (χ0v) is 10.2. The van der Waals surface area contributed by atoms with E-state index >= 15 is 0 Å². The fourth-order valence-corrected chi connectivity index (χ4v) is 2.56. The van der Waals surface area contributed by atoms with Crippen molar-refractivity contribution in [2.75, 3.05) is 21.1 Å². The van der Waals surface area contributed by atoms with Gasteiger partial charge in [-0.3, -0.25) is 0 Å². The maximum absolute atomic E-state index is 9.32. The second kappa shape index (κ2) is 4.07. The van der Waals surface area contributed by atoms with E-state index in [0.29, 0.717) is 11.8 Å². The molecule has 0 aliphatic heterocycles. The van der Waals surface area contributed by atoms with E-state index < -0.39 is 0 Å². The van der Waals surface area contributed by atoms with Gasteiger partial charge in [0, 0.05) is 5.54 Å². The first-order valence-electron chi connectivity index (χ1n) is 5.73. The first kappa shape index (κ1) is 11.4. The third-order valence-corrected chi connectivity index (χ3v) is 3.54. The predicted molar refractivity (Wildman–Crippen MR) is 65.6 cm³/mol. The Bertz CT molecular complexity index is 355. The molecule has 0 spiro atoms. The highest BCUT2D eigenvalue weighted by molar-refractivity contribution is 5.32. The Morgan fingerprint density at radius 3 is 2.19 bits per heavy atom. The molecular formula is C13H20N2O. The molecule has 88 valence electrons. The molecule has 0 aromatic heterocycles. The number of phenolic OH excluding ortho intramolecular Hbond substituents is 1. The molecule has 1 atom stereocenters. The van der Waals surface area contributed by atoms with Gasteiger partial charge in [-0.1, -0.05) is 12.1 Å². The van der Waals surface area contributed by atoms with Gasteiger partial charge >= 0.3 is 0 Å². The van der Waals surface area contributed by atoms with Crippen LogP contribution in [0.15, 0.2) is 24.3 Å². The van der Waals surface area contributed by atoms with E-state index in [1.807, 2.05) is 19.2 Å². The van der Waals surface area contributed by atoms with E-state index in [0.717, 1.165) is 0 Å². The van der Waals surface area contributed by atoms with Crippen LogP contribution in [0.2, 0.25) is 0 Å². The molecule has 0 amide bonds. The van der Waals surface area contributed by atoms with E-state index in [9.17, 15) is 5.11 Å². The van der Waals surface area contributed by atoms with Gasteiger partial charge in [-0.05, 0) is 51.7 Å². The van der Waals surface area contributed by atoms with E-state index in [1.165, 1.54) is 18.4 Å². The Hall–Kier alpha value is -1.06. The zero-order valence-electron chi connectivity index (χ0n) is 10.2. The molecule has 1 aromatic carbocycles. The molecule has 0 radical (unpaired) electrons. The zero-order chi connectivity index (χ0) is 11.8. The van der Waals surface area contributed by atoms with Crippen molar-refractivity contribution in [3.05, 3.63) is 29.8 Å². The van der Waals surface area contributed by atoms with Gasteiger partial charge in [0.1, 0.15) is 5.75 Å². The first-order valence-corrected chi connectivity index (χ1v) is 5.73. The van der Waals surface area contributed by atoms with Crippen molar-refractivity contribution in [3.8, 4) is 5.75 Å². The smallest absolute Gasteiger partial charge is 0.115 e. The summed E-state index contributed by atoms with van der Waals surface area (Å²) in [6.45, 7) is 0. The second-order valence-electron chi connectivity index (χ2n) is 4.86. The van der Waals surface area contributed by atoms with Crippen LogP contribution in [0.1, 0.15) is 24.4 Å². The first-order chi connectivity index (χ1) is 7.59. The van der Waals surface area contributed by atoms with Crippen molar-refractivity contribution in [3.63, 3.8) is 0 Å². The molecule has 1 aliphatic rings. The van der Waals surface area contributed by atoms with Crippen molar-refractivity contribution >= 4 is 0 Å². The Morgan fingerprint density at radius 1 is 1.25 bits per heavy atom. The Kier molecular flexibility index (Phi) is 2.91. The number of nitrogens with one attached hydrogen (secondary N) is 1. The minimum Gasteiger partial charge on any atom is -0.508 e. The molecule has 2 rings (SSSR count). The number of aromatic hydroxyl groups is 1. The number of phenols is 1. The molecule has 0 saturated heterocycles. The standard InChI is InChI=1S/C13H20N2O/c1-14-13(8-9-13)12(15(2)3)10-4-6-11(16)7-5-10/h4-7,12,14,16H,8-9H2,1-3H3. The van der Waals surface area contributed by atoms with E-state index in [-0.39, 0.29) is 5.54 Å². The van der Waals surface area contributed by atoms with Crippen LogP contribution in [0, 0.1) is 0 Å². The molecule has 0 bridgehead atoms. The van der Waals surface area contributed by atoms with Gasteiger partial charge < -0.3 is 15.3 Å². The van der Waals surface area contributed by atoms with E-state index in [2.05, 4.69) is 24.3 Å². The van der Waals surface area contributed by atoms with Crippen LogP contribution in [-0.4, -0.2) is 36.7 Å². The second-order valence-corrected chi connectivity index (χ2v) is 4.86. The molecule has 0 heterocycles. The SMILES string of the molecule is CNC1(C(c2ccc(O)cc2)N(C)C)CC1. The Labute approximate surface area is 97.1 Å². The lowest BCUT2D eigenvalue weighted by atomic mass is 9.96. The van der Waals surface area contributed by atoms with Crippen LogP contribution in [0.25, 0.3) is 0 Å². The molecule has 1 saturated carbocycles. The summed E-state index contributed by atoms with van der Waals surface area (Å²) in [5.41, 5.74) is 1.48. The van der Waals surface area contributed by atoms with Crippen molar-refractivity contribution in [1.29, 1.82) is 0 Å². The minimum absolute atomic E-state index is 0.223. The van der Waals surface area contributed by atoms with Crippen LogP contribution >= 0.6 is 0 Å².